The number of carbonyl (C=O) groups is 2. The van der Waals surface area contributed by atoms with E-state index in [0.717, 1.165) is 11.5 Å². The molecular weight excluding hydrogens is 230 g/mol. The van der Waals surface area contributed by atoms with Gasteiger partial charge in [-0.25, -0.2) is 0 Å². The molecule has 0 aliphatic heterocycles. The molecule has 88 valence electrons. The van der Waals surface area contributed by atoms with E-state index in [-0.39, 0.29) is 12.3 Å². The number of rotatable bonds is 5. The Kier molecular flexibility index (Phi) is 4.36. The van der Waals surface area contributed by atoms with Crippen LogP contribution in [0.5, 0.6) is 0 Å². The van der Waals surface area contributed by atoms with Crippen LogP contribution in [0.4, 0.5) is 0 Å². The molecule has 16 heavy (non-hydrogen) atoms. The third kappa shape index (κ3) is 3.27. The molecule has 0 radical (unpaired) electrons. The van der Waals surface area contributed by atoms with E-state index in [1.54, 1.807) is 14.0 Å². The van der Waals surface area contributed by atoms with Crippen molar-refractivity contribution in [2.45, 2.75) is 19.8 Å². The Morgan fingerprint density at radius 2 is 2.19 bits per heavy atom. The van der Waals surface area contributed by atoms with E-state index in [1.807, 2.05) is 0 Å². The molecule has 1 aromatic heterocycles. The molecule has 0 fully saturated rings. The molecule has 1 N–H and O–H groups in total. The minimum Gasteiger partial charge on any atom is -0.481 e. The number of aliphatic carboxylic acids is 1. The smallest absolute Gasteiger partial charge is 0.303 e. The summed E-state index contributed by atoms with van der Waals surface area (Å²) in [5, 5.41) is 12.2. The van der Waals surface area contributed by atoms with E-state index in [0.29, 0.717) is 23.5 Å². The van der Waals surface area contributed by atoms with Crippen LogP contribution in [-0.4, -0.2) is 45.1 Å². The maximum Gasteiger partial charge on any atom is 0.303 e. The molecule has 7 heteroatoms. The minimum absolute atomic E-state index is 0.0670. The largest absolute Gasteiger partial charge is 0.481 e. The normalized spacial score (nSPS) is 10.1. The molecule has 1 aromatic rings. The molecule has 0 aromatic carbocycles. The molecule has 0 saturated heterocycles. The zero-order valence-corrected chi connectivity index (χ0v) is 9.95. The van der Waals surface area contributed by atoms with Gasteiger partial charge in [0.05, 0.1) is 5.69 Å². The summed E-state index contributed by atoms with van der Waals surface area (Å²) in [4.78, 5) is 24.1. The number of aryl methyl sites for hydroxylation is 1. The van der Waals surface area contributed by atoms with Crippen molar-refractivity contribution in [2.75, 3.05) is 13.6 Å². The van der Waals surface area contributed by atoms with E-state index >= 15 is 0 Å². The van der Waals surface area contributed by atoms with Crippen molar-refractivity contribution < 1.29 is 14.7 Å². The Hall–Kier alpha value is -1.50. The molecule has 0 bridgehead atoms. The minimum atomic E-state index is -0.850. The first kappa shape index (κ1) is 12.6. The van der Waals surface area contributed by atoms with Gasteiger partial charge in [-0.15, -0.1) is 5.10 Å². The van der Waals surface area contributed by atoms with Crippen molar-refractivity contribution >= 4 is 23.4 Å². The van der Waals surface area contributed by atoms with Crippen LogP contribution in [0.3, 0.4) is 0 Å². The van der Waals surface area contributed by atoms with Gasteiger partial charge in [0.2, 0.25) is 0 Å². The number of nitrogens with zero attached hydrogens (tertiary/aromatic N) is 3. The van der Waals surface area contributed by atoms with Gasteiger partial charge in [0.15, 0.2) is 0 Å². The number of hydrogen-bond donors (Lipinski definition) is 1. The Balaban J connectivity index is 2.49. The quantitative estimate of drug-likeness (QED) is 0.826. The number of aromatic nitrogens is 2. The number of carbonyl (C=O) groups excluding carboxylic acids is 1. The summed E-state index contributed by atoms with van der Waals surface area (Å²) in [5.41, 5.74) is 0.611. The predicted octanol–water partition coefficient (Wildman–Crippen LogP) is 0.783. The Labute approximate surface area is 97.1 Å². The van der Waals surface area contributed by atoms with E-state index in [4.69, 9.17) is 5.11 Å². The summed E-state index contributed by atoms with van der Waals surface area (Å²) in [5.74, 6) is -1.01. The monoisotopic (exact) mass is 243 g/mol. The lowest BCUT2D eigenvalue weighted by molar-refractivity contribution is -0.137. The lowest BCUT2D eigenvalue weighted by atomic mass is 10.3. The van der Waals surface area contributed by atoms with Gasteiger partial charge in [0.25, 0.3) is 5.91 Å². The fraction of sp³-hybridized carbons (Fsp3) is 0.556. The first-order valence-corrected chi connectivity index (χ1v) is 5.56. The van der Waals surface area contributed by atoms with Gasteiger partial charge in [-0.1, -0.05) is 4.49 Å². The Morgan fingerprint density at radius 1 is 1.50 bits per heavy atom. The maximum atomic E-state index is 11.8. The summed E-state index contributed by atoms with van der Waals surface area (Å²) in [6.07, 6.45) is 0.514. The van der Waals surface area contributed by atoms with Crippen LogP contribution in [0.15, 0.2) is 0 Å². The highest BCUT2D eigenvalue weighted by molar-refractivity contribution is 7.07. The third-order valence-corrected chi connectivity index (χ3v) is 2.89. The van der Waals surface area contributed by atoms with Crippen LogP contribution in [0, 0.1) is 6.92 Å². The standard InChI is InChI=1S/C9H13N3O3S/c1-6-8(16-11-10-6)9(15)12(2)5-3-4-7(13)14/h3-5H2,1-2H3,(H,13,14). The molecule has 1 heterocycles. The molecular formula is C9H13N3O3S. The average Bonchev–Trinajstić information content (AvgIpc) is 2.62. The molecule has 0 atom stereocenters. The second kappa shape index (κ2) is 5.55. The number of amides is 1. The van der Waals surface area contributed by atoms with Crippen LogP contribution in [-0.2, 0) is 4.79 Å². The van der Waals surface area contributed by atoms with Gasteiger partial charge < -0.3 is 10.0 Å². The van der Waals surface area contributed by atoms with Gasteiger partial charge >= 0.3 is 5.97 Å². The first-order valence-electron chi connectivity index (χ1n) is 4.78. The first-order chi connectivity index (χ1) is 7.52. The van der Waals surface area contributed by atoms with Gasteiger partial charge in [-0.2, -0.15) is 0 Å². The number of hydrogen-bond acceptors (Lipinski definition) is 5. The molecule has 6 nitrogen and oxygen atoms in total. The number of carboxylic acids is 1. The summed E-state index contributed by atoms with van der Waals surface area (Å²) < 4.78 is 3.68. The molecule has 0 spiro atoms. The maximum absolute atomic E-state index is 11.8. The molecule has 0 aliphatic carbocycles. The molecule has 1 rings (SSSR count). The third-order valence-electron chi connectivity index (χ3n) is 2.08. The number of carboxylic acid groups (broad SMARTS) is 1. The molecule has 0 aliphatic rings. The zero-order valence-electron chi connectivity index (χ0n) is 9.13. The Morgan fingerprint density at radius 3 is 2.69 bits per heavy atom. The summed E-state index contributed by atoms with van der Waals surface area (Å²) in [6, 6.07) is 0. The molecule has 0 unspecified atom stereocenters. The van der Waals surface area contributed by atoms with Crippen molar-refractivity contribution in [3.63, 3.8) is 0 Å². The van der Waals surface area contributed by atoms with Crippen LogP contribution in [0.2, 0.25) is 0 Å². The van der Waals surface area contributed by atoms with Gasteiger partial charge in [0, 0.05) is 20.0 Å². The second-order valence-electron chi connectivity index (χ2n) is 3.41. The van der Waals surface area contributed by atoms with Gasteiger partial charge in [-0.05, 0) is 24.9 Å². The Bertz CT molecular complexity index is 391. The van der Waals surface area contributed by atoms with Crippen LogP contribution < -0.4 is 0 Å². The summed E-state index contributed by atoms with van der Waals surface area (Å²) in [6.45, 7) is 2.14. The van der Waals surface area contributed by atoms with E-state index in [2.05, 4.69) is 9.59 Å². The van der Waals surface area contributed by atoms with Crippen LogP contribution in [0.25, 0.3) is 0 Å². The van der Waals surface area contributed by atoms with E-state index < -0.39 is 5.97 Å². The second-order valence-corrected chi connectivity index (χ2v) is 4.17. The van der Waals surface area contributed by atoms with Gasteiger partial charge in [0.1, 0.15) is 4.88 Å². The lowest BCUT2D eigenvalue weighted by Crippen LogP contribution is -2.27. The molecule has 1 amide bonds. The summed E-state index contributed by atoms with van der Waals surface area (Å²) >= 11 is 1.06. The zero-order chi connectivity index (χ0) is 12.1. The summed E-state index contributed by atoms with van der Waals surface area (Å²) in [7, 11) is 1.64. The SMILES string of the molecule is Cc1nnsc1C(=O)N(C)CCCC(=O)O. The van der Waals surface area contributed by atoms with Crippen molar-refractivity contribution in [3.05, 3.63) is 10.6 Å². The molecule has 0 saturated carbocycles. The van der Waals surface area contributed by atoms with Crippen LogP contribution in [0.1, 0.15) is 28.2 Å². The van der Waals surface area contributed by atoms with Crippen molar-refractivity contribution in [3.8, 4) is 0 Å². The van der Waals surface area contributed by atoms with Crippen molar-refractivity contribution in [1.82, 2.24) is 14.5 Å². The van der Waals surface area contributed by atoms with Crippen molar-refractivity contribution in [2.24, 2.45) is 0 Å². The lowest BCUT2D eigenvalue weighted by Gasteiger charge is -2.15. The van der Waals surface area contributed by atoms with Gasteiger partial charge in [-0.3, -0.25) is 9.59 Å². The highest BCUT2D eigenvalue weighted by Crippen LogP contribution is 2.12. The van der Waals surface area contributed by atoms with Crippen molar-refractivity contribution in [1.29, 1.82) is 0 Å². The fourth-order valence-corrected chi connectivity index (χ4v) is 1.82. The highest BCUT2D eigenvalue weighted by Gasteiger charge is 2.17. The highest BCUT2D eigenvalue weighted by atomic mass is 32.1. The predicted molar refractivity (Wildman–Crippen MR) is 58.5 cm³/mol. The van der Waals surface area contributed by atoms with Crippen LogP contribution >= 0.6 is 11.5 Å². The average molecular weight is 243 g/mol. The van der Waals surface area contributed by atoms with E-state index in [1.165, 1.54) is 4.90 Å². The fourth-order valence-electron chi connectivity index (χ4n) is 1.17. The van der Waals surface area contributed by atoms with E-state index in [9.17, 15) is 9.59 Å². The topological polar surface area (TPSA) is 83.4 Å².